The molecule has 1 N–H and O–H groups in total. The number of rotatable bonds is 4. The zero-order valence-electron chi connectivity index (χ0n) is 11.7. The summed E-state index contributed by atoms with van der Waals surface area (Å²) in [7, 11) is 0. The fourth-order valence-electron chi connectivity index (χ4n) is 2.12. The first-order chi connectivity index (χ1) is 8.49. The molecule has 100 valence electrons. The fourth-order valence-corrected chi connectivity index (χ4v) is 2.12. The molecule has 1 aliphatic carbocycles. The number of carbonyl (C=O) groups excluding carboxylic acids is 1. The van der Waals surface area contributed by atoms with E-state index < -0.39 is 6.10 Å². The van der Waals surface area contributed by atoms with Crippen LogP contribution in [0.25, 0.3) is 0 Å². The Bertz CT molecular complexity index is 389. The van der Waals surface area contributed by atoms with Gasteiger partial charge in [0.05, 0.1) is 6.10 Å². The van der Waals surface area contributed by atoms with Crippen LogP contribution in [0.15, 0.2) is 35.5 Å². The Labute approximate surface area is 109 Å². The smallest absolute Gasteiger partial charge is 0.246 e. The van der Waals surface area contributed by atoms with Crippen molar-refractivity contribution in [1.82, 2.24) is 4.90 Å². The van der Waals surface area contributed by atoms with E-state index in [0.717, 1.165) is 24.2 Å². The van der Waals surface area contributed by atoms with Gasteiger partial charge in [0.1, 0.15) is 0 Å². The number of hydrogen-bond acceptors (Lipinski definition) is 2. The van der Waals surface area contributed by atoms with Gasteiger partial charge in [-0.05, 0) is 38.0 Å². The Kier molecular flexibility index (Phi) is 5.35. The van der Waals surface area contributed by atoms with Gasteiger partial charge in [-0.1, -0.05) is 19.1 Å². The van der Waals surface area contributed by atoms with E-state index in [4.69, 9.17) is 0 Å². The van der Waals surface area contributed by atoms with Gasteiger partial charge < -0.3 is 10.0 Å². The molecule has 3 nitrogen and oxygen atoms in total. The molecule has 0 aromatic rings. The van der Waals surface area contributed by atoms with Crippen molar-refractivity contribution in [3.63, 3.8) is 0 Å². The summed E-state index contributed by atoms with van der Waals surface area (Å²) in [4.78, 5) is 13.6. The predicted octanol–water partition coefficient (Wildman–Crippen LogP) is 2.29. The van der Waals surface area contributed by atoms with Crippen molar-refractivity contribution in [3.8, 4) is 0 Å². The van der Waals surface area contributed by atoms with Crippen LogP contribution in [0.2, 0.25) is 0 Å². The van der Waals surface area contributed by atoms with Gasteiger partial charge in [0.15, 0.2) is 0 Å². The van der Waals surface area contributed by atoms with Crippen molar-refractivity contribution in [2.45, 2.75) is 33.8 Å². The fraction of sp³-hybridized carbons (Fsp3) is 0.533. The van der Waals surface area contributed by atoms with Gasteiger partial charge in [0, 0.05) is 25.1 Å². The maximum atomic E-state index is 11.8. The summed E-state index contributed by atoms with van der Waals surface area (Å²) >= 11 is 0. The van der Waals surface area contributed by atoms with E-state index >= 15 is 0 Å². The summed E-state index contributed by atoms with van der Waals surface area (Å²) in [5.74, 6) is 0.129. The second-order valence-corrected chi connectivity index (χ2v) is 4.70. The quantitative estimate of drug-likeness (QED) is 0.777. The molecule has 2 atom stereocenters. The predicted molar refractivity (Wildman–Crippen MR) is 74.1 cm³/mol. The van der Waals surface area contributed by atoms with E-state index in [2.05, 4.69) is 0 Å². The third-order valence-corrected chi connectivity index (χ3v) is 3.31. The molecule has 1 aliphatic rings. The minimum absolute atomic E-state index is 0.0331. The molecule has 0 heterocycles. The molecule has 1 amide bonds. The highest BCUT2D eigenvalue weighted by Gasteiger charge is 2.18. The average molecular weight is 249 g/mol. The number of allylic oxidation sites excluding steroid dienone is 3. The molecule has 0 bridgehead atoms. The summed E-state index contributed by atoms with van der Waals surface area (Å²) in [6.45, 7) is 9.27. The van der Waals surface area contributed by atoms with Gasteiger partial charge in [-0.3, -0.25) is 4.79 Å². The van der Waals surface area contributed by atoms with Crippen molar-refractivity contribution in [3.05, 3.63) is 35.5 Å². The van der Waals surface area contributed by atoms with Crippen LogP contribution in [0.1, 0.15) is 27.7 Å². The first kappa shape index (κ1) is 14.7. The molecule has 0 saturated carbocycles. The number of nitrogens with zero attached hydrogens (tertiary/aromatic N) is 1. The van der Waals surface area contributed by atoms with Gasteiger partial charge in [-0.2, -0.15) is 0 Å². The molecule has 0 fully saturated rings. The van der Waals surface area contributed by atoms with E-state index in [-0.39, 0.29) is 11.8 Å². The minimum Gasteiger partial charge on any atom is -0.388 e. The van der Waals surface area contributed by atoms with Gasteiger partial charge in [0.25, 0.3) is 0 Å². The Balaban J connectivity index is 2.74. The minimum atomic E-state index is -0.402. The number of aliphatic hydroxyl groups excluding tert-OH is 1. The lowest BCUT2D eigenvalue weighted by Gasteiger charge is -2.22. The third kappa shape index (κ3) is 3.57. The standard InChI is InChI=1S/C15H23NO2/c1-5-16(6-2)14(17)8-7-13-9-11(3)15(18)12(4)10-13/h7-11,15,18H,5-6H2,1-4H3/b8-7+. The van der Waals surface area contributed by atoms with Crippen LogP contribution in [0.4, 0.5) is 0 Å². The summed E-state index contributed by atoms with van der Waals surface area (Å²) in [6.07, 6.45) is 6.94. The Morgan fingerprint density at radius 3 is 2.56 bits per heavy atom. The van der Waals surface area contributed by atoms with Crippen LogP contribution in [-0.4, -0.2) is 35.1 Å². The third-order valence-electron chi connectivity index (χ3n) is 3.31. The molecule has 0 radical (unpaired) electrons. The van der Waals surface area contributed by atoms with Gasteiger partial charge in [0.2, 0.25) is 5.91 Å². The van der Waals surface area contributed by atoms with Crippen molar-refractivity contribution >= 4 is 5.91 Å². The Morgan fingerprint density at radius 1 is 1.44 bits per heavy atom. The molecule has 0 saturated heterocycles. The summed E-state index contributed by atoms with van der Waals surface area (Å²) < 4.78 is 0. The first-order valence-corrected chi connectivity index (χ1v) is 6.54. The lowest BCUT2D eigenvalue weighted by Crippen LogP contribution is -2.28. The number of hydrogen-bond donors (Lipinski definition) is 1. The summed E-state index contributed by atoms with van der Waals surface area (Å²) in [6, 6.07) is 0. The normalized spacial score (nSPS) is 23.8. The maximum absolute atomic E-state index is 11.8. The zero-order chi connectivity index (χ0) is 13.7. The topological polar surface area (TPSA) is 40.5 Å². The molecule has 0 aromatic carbocycles. The van der Waals surface area contributed by atoms with Crippen molar-refractivity contribution in [2.75, 3.05) is 13.1 Å². The van der Waals surface area contributed by atoms with Gasteiger partial charge in [-0.15, -0.1) is 0 Å². The Hall–Kier alpha value is -1.35. The molecular formula is C15H23NO2. The largest absolute Gasteiger partial charge is 0.388 e. The lowest BCUT2D eigenvalue weighted by atomic mass is 9.89. The first-order valence-electron chi connectivity index (χ1n) is 6.54. The van der Waals surface area contributed by atoms with Crippen LogP contribution in [0.5, 0.6) is 0 Å². The number of aliphatic hydroxyl groups is 1. The van der Waals surface area contributed by atoms with E-state index in [1.54, 1.807) is 11.0 Å². The van der Waals surface area contributed by atoms with E-state index in [1.807, 2.05) is 45.9 Å². The molecule has 0 aliphatic heterocycles. The van der Waals surface area contributed by atoms with Crippen LogP contribution in [0, 0.1) is 5.92 Å². The van der Waals surface area contributed by atoms with E-state index in [9.17, 15) is 9.90 Å². The summed E-state index contributed by atoms with van der Waals surface area (Å²) in [5, 5.41) is 9.79. The molecule has 1 rings (SSSR count). The van der Waals surface area contributed by atoms with E-state index in [0.29, 0.717) is 0 Å². The van der Waals surface area contributed by atoms with Crippen LogP contribution < -0.4 is 0 Å². The average Bonchev–Trinajstić information content (AvgIpc) is 2.34. The highest BCUT2D eigenvalue weighted by Crippen LogP contribution is 2.23. The van der Waals surface area contributed by atoms with Crippen LogP contribution in [0.3, 0.4) is 0 Å². The second kappa shape index (κ2) is 6.55. The zero-order valence-corrected chi connectivity index (χ0v) is 11.7. The highest BCUT2D eigenvalue weighted by atomic mass is 16.3. The van der Waals surface area contributed by atoms with Crippen molar-refractivity contribution in [1.29, 1.82) is 0 Å². The van der Waals surface area contributed by atoms with Crippen LogP contribution >= 0.6 is 0 Å². The molecular weight excluding hydrogens is 226 g/mol. The molecule has 0 aromatic heterocycles. The lowest BCUT2D eigenvalue weighted by molar-refractivity contribution is -0.125. The van der Waals surface area contributed by atoms with Gasteiger partial charge in [-0.25, -0.2) is 0 Å². The SMILES string of the molecule is CCN(CC)C(=O)/C=C/C1=CC(C)C(O)C(C)=C1. The van der Waals surface area contributed by atoms with E-state index in [1.165, 1.54) is 0 Å². The molecule has 2 unspecified atom stereocenters. The second-order valence-electron chi connectivity index (χ2n) is 4.70. The molecule has 18 heavy (non-hydrogen) atoms. The van der Waals surface area contributed by atoms with Crippen molar-refractivity contribution < 1.29 is 9.90 Å². The van der Waals surface area contributed by atoms with Crippen molar-refractivity contribution in [2.24, 2.45) is 5.92 Å². The Morgan fingerprint density at radius 2 is 2.06 bits per heavy atom. The van der Waals surface area contributed by atoms with Crippen LogP contribution in [-0.2, 0) is 4.79 Å². The number of amides is 1. The summed E-state index contributed by atoms with van der Waals surface area (Å²) in [5.41, 5.74) is 1.94. The number of carbonyl (C=O) groups is 1. The number of likely N-dealkylation sites (N-methyl/N-ethyl adjacent to an activating group) is 1. The monoisotopic (exact) mass is 249 g/mol. The van der Waals surface area contributed by atoms with Gasteiger partial charge >= 0.3 is 0 Å². The highest BCUT2D eigenvalue weighted by molar-refractivity contribution is 5.88. The molecule has 0 spiro atoms. The maximum Gasteiger partial charge on any atom is 0.246 e. The molecule has 3 heteroatoms.